The third kappa shape index (κ3) is 2.44. The molecule has 4 heteroatoms. The van der Waals surface area contributed by atoms with Gasteiger partial charge >= 0.3 is 0 Å². The number of ether oxygens (including phenoxy) is 1. The molecule has 1 aliphatic heterocycles. The van der Waals surface area contributed by atoms with Crippen LogP contribution in [0.3, 0.4) is 0 Å². The van der Waals surface area contributed by atoms with Crippen LogP contribution in [-0.2, 0) is 13.0 Å². The molecule has 0 bridgehead atoms. The Kier molecular flexibility index (Phi) is 3.52. The van der Waals surface area contributed by atoms with Gasteiger partial charge in [0, 0.05) is 17.0 Å². The van der Waals surface area contributed by atoms with Gasteiger partial charge in [-0.2, -0.15) is 10.5 Å². The number of nitriles is 2. The van der Waals surface area contributed by atoms with Crippen LogP contribution < -0.4 is 4.74 Å². The molecule has 1 aliphatic rings. The van der Waals surface area contributed by atoms with Gasteiger partial charge in [-0.1, -0.05) is 17.7 Å². The van der Waals surface area contributed by atoms with Gasteiger partial charge in [0.1, 0.15) is 12.4 Å². The Balaban J connectivity index is 2.08. The van der Waals surface area contributed by atoms with Crippen molar-refractivity contribution in [2.45, 2.75) is 19.4 Å². The van der Waals surface area contributed by atoms with Crippen LogP contribution in [0, 0.1) is 22.7 Å². The third-order valence-electron chi connectivity index (χ3n) is 3.56. The van der Waals surface area contributed by atoms with Crippen LogP contribution in [0.15, 0.2) is 30.3 Å². The molecule has 2 aromatic carbocycles. The van der Waals surface area contributed by atoms with Crippen LogP contribution in [0.25, 0.3) is 11.1 Å². The van der Waals surface area contributed by atoms with E-state index in [1.165, 1.54) is 0 Å². The summed E-state index contributed by atoms with van der Waals surface area (Å²) in [6.07, 6.45) is 1.05. The minimum Gasteiger partial charge on any atom is -0.488 e. The second-order valence-corrected chi connectivity index (χ2v) is 5.28. The van der Waals surface area contributed by atoms with E-state index in [0.29, 0.717) is 30.0 Å². The molecule has 3 rings (SSSR count). The molecule has 2 aromatic rings. The zero-order valence-corrected chi connectivity index (χ0v) is 11.9. The first-order chi connectivity index (χ1) is 10.2. The largest absolute Gasteiger partial charge is 0.488 e. The Labute approximate surface area is 128 Å². The van der Waals surface area contributed by atoms with Crippen LogP contribution in [0.5, 0.6) is 5.75 Å². The van der Waals surface area contributed by atoms with Crippen LogP contribution in [0.2, 0.25) is 5.02 Å². The van der Waals surface area contributed by atoms with Crippen molar-refractivity contribution >= 4 is 11.6 Å². The molecule has 21 heavy (non-hydrogen) atoms. The predicted molar refractivity (Wildman–Crippen MR) is 79.9 cm³/mol. The van der Waals surface area contributed by atoms with E-state index in [0.717, 1.165) is 28.0 Å². The fourth-order valence-corrected chi connectivity index (χ4v) is 2.77. The number of rotatable bonds is 2. The van der Waals surface area contributed by atoms with E-state index in [-0.39, 0.29) is 0 Å². The zero-order valence-electron chi connectivity index (χ0n) is 11.2. The van der Waals surface area contributed by atoms with Gasteiger partial charge in [0.25, 0.3) is 0 Å². The fraction of sp³-hybridized carbons (Fsp3) is 0.176. The van der Waals surface area contributed by atoms with Gasteiger partial charge < -0.3 is 4.74 Å². The first kappa shape index (κ1) is 13.5. The monoisotopic (exact) mass is 294 g/mol. The molecule has 0 atom stereocenters. The molecule has 0 amide bonds. The first-order valence-electron chi connectivity index (χ1n) is 6.58. The van der Waals surface area contributed by atoms with Crippen LogP contribution in [0.1, 0.15) is 23.1 Å². The highest BCUT2D eigenvalue weighted by Gasteiger charge is 2.19. The maximum Gasteiger partial charge on any atom is 0.128 e. The van der Waals surface area contributed by atoms with Crippen molar-refractivity contribution < 1.29 is 4.74 Å². The Morgan fingerprint density at radius 3 is 2.76 bits per heavy atom. The molecular formula is C17H11ClN2O. The Bertz CT molecular complexity index is 800. The van der Waals surface area contributed by atoms with Crippen LogP contribution >= 0.6 is 11.6 Å². The second-order valence-electron chi connectivity index (χ2n) is 4.87. The number of aryl methyl sites for hydroxylation is 1. The summed E-state index contributed by atoms with van der Waals surface area (Å²) in [5.41, 5.74) is 4.52. The average Bonchev–Trinajstić information content (AvgIpc) is 2.52. The van der Waals surface area contributed by atoms with Gasteiger partial charge in [-0.3, -0.25) is 0 Å². The second kappa shape index (κ2) is 5.48. The van der Waals surface area contributed by atoms with Gasteiger partial charge in [-0.05, 0) is 47.4 Å². The molecule has 102 valence electrons. The van der Waals surface area contributed by atoms with Crippen molar-refractivity contribution in [1.82, 2.24) is 0 Å². The number of nitrogens with zero attached hydrogens (tertiary/aromatic N) is 2. The van der Waals surface area contributed by atoms with Gasteiger partial charge in [0.05, 0.1) is 17.7 Å². The molecule has 3 nitrogen and oxygen atoms in total. The summed E-state index contributed by atoms with van der Waals surface area (Å²) in [4.78, 5) is 0. The Hall–Kier alpha value is -2.49. The molecule has 0 saturated carbocycles. The Morgan fingerprint density at radius 2 is 2.00 bits per heavy atom. The van der Waals surface area contributed by atoms with Gasteiger partial charge in [0.2, 0.25) is 0 Å². The summed E-state index contributed by atoms with van der Waals surface area (Å²) in [6.45, 7) is 0.442. The standard InChI is InChI=1S/C17H11ClN2O/c18-16-8-15-14-4-3-11(9-20)6-13(14)10-21-17(15)7-12(16)2-1-5-19/h3-4,6-8H,1-2,10H2. The van der Waals surface area contributed by atoms with Crippen molar-refractivity contribution in [1.29, 1.82) is 10.5 Å². The summed E-state index contributed by atoms with van der Waals surface area (Å²) < 4.78 is 5.77. The maximum absolute atomic E-state index is 8.96. The lowest BCUT2D eigenvalue weighted by Gasteiger charge is -2.22. The van der Waals surface area contributed by atoms with E-state index in [9.17, 15) is 0 Å². The minimum absolute atomic E-state index is 0.431. The van der Waals surface area contributed by atoms with Crippen molar-refractivity contribution in [3.63, 3.8) is 0 Å². The Morgan fingerprint density at radius 1 is 1.14 bits per heavy atom. The van der Waals surface area contributed by atoms with Gasteiger partial charge in [-0.25, -0.2) is 0 Å². The molecule has 0 saturated heterocycles. The summed E-state index contributed by atoms with van der Waals surface area (Å²) in [6, 6.07) is 13.6. The van der Waals surface area contributed by atoms with E-state index in [2.05, 4.69) is 12.1 Å². The average molecular weight is 295 g/mol. The van der Waals surface area contributed by atoms with Crippen molar-refractivity contribution in [3.05, 3.63) is 52.0 Å². The van der Waals surface area contributed by atoms with E-state index >= 15 is 0 Å². The molecule has 0 fully saturated rings. The number of hydrogen-bond donors (Lipinski definition) is 0. The number of halogens is 1. The minimum atomic E-state index is 0.431. The highest BCUT2D eigenvalue weighted by molar-refractivity contribution is 6.31. The molecular weight excluding hydrogens is 284 g/mol. The maximum atomic E-state index is 8.96. The number of fused-ring (bicyclic) bond motifs is 3. The van der Waals surface area contributed by atoms with Crippen molar-refractivity contribution in [2.75, 3.05) is 0 Å². The quantitative estimate of drug-likeness (QED) is 0.833. The summed E-state index contributed by atoms with van der Waals surface area (Å²) in [7, 11) is 0. The SMILES string of the molecule is N#CCCc1cc2c(cc1Cl)-c1ccc(C#N)cc1CO2. The zero-order chi connectivity index (χ0) is 14.8. The molecule has 0 spiro atoms. The lowest BCUT2D eigenvalue weighted by atomic mass is 9.94. The normalized spacial score (nSPS) is 11.6. The van der Waals surface area contributed by atoms with E-state index < -0.39 is 0 Å². The lowest BCUT2D eigenvalue weighted by Crippen LogP contribution is -2.06. The fourth-order valence-electron chi connectivity index (χ4n) is 2.51. The molecule has 0 N–H and O–H groups in total. The third-order valence-corrected chi connectivity index (χ3v) is 3.91. The molecule has 1 heterocycles. The van der Waals surface area contributed by atoms with Crippen LogP contribution in [-0.4, -0.2) is 0 Å². The molecule has 0 aliphatic carbocycles. The van der Waals surface area contributed by atoms with Crippen LogP contribution in [0.4, 0.5) is 0 Å². The number of hydrogen-bond acceptors (Lipinski definition) is 3. The van der Waals surface area contributed by atoms with Crippen molar-refractivity contribution in [2.24, 2.45) is 0 Å². The van der Waals surface area contributed by atoms with Crippen molar-refractivity contribution in [3.8, 4) is 29.0 Å². The first-order valence-corrected chi connectivity index (χ1v) is 6.96. The summed E-state index contributed by atoms with van der Waals surface area (Å²) >= 11 is 6.30. The molecule has 0 aromatic heterocycles. The van der Waals surface area contributed by atoms with Gasteiger partial charge in [0.15, 0.2) is 0 Å². The smallest absolute Gasteiger partial charge is 0.128 e. The summed E-state index contributed by atoms with van der Waals surface area (Å²) in [5, 5.41) is 18.3. The lowest BCUT2D eigenvalue weighted by molar-refractivity contribution is 0.302. The highest BCUT2D eigenvalue weighted by atomic mass is 35.5. The van der Waals surface area contributed by atoms with E-state index in [4.69, 9.17) is 26.9 Å². The molecule has 0 unspecified atom stereocenters. The van der Waals surface area contributed by atoms with E-state index in [1.807, 2.05) is 24.3 Å². The topological polar surface area (TPSA) is 56.8 Å². The van der Waals surface area contributed by atoms with Gasteiger partial charge in [-0.15, -0.1) is 0 Å². The molecule has 0 radical (unpaired) electrons. The number of benzene rings is 2. The predicted octanol–water partition coefficient (Wildman–Crippen LogP) is 4.23. The van der Waals surface area contributed by atoms with E-state index in [1.54, 1.807) is 6.07 Å². The summed E-state index contributed by atoms with van der Waals surface area (Å²) in [5.74, 6) is 0.782. The highest BCUT2D eigenvalue weighted by Crippen LogP contribution is 2.41.